The second kappa shape index (κ2) is 11.4. The number of hydrogen-bond donors (Lipinski definition) is 3. The Kier molecular flexibility index (Phi) is 10.8. The molecule has 1 rings (SSSR count). The van der Waals surface area contributed by atoms with Gasteiger partial charge in [-0.15, -0.1) is 0 Å². The number of aryl methyl sites for hydroxylation is 1. The Morgan fingerprint density at radius 3 is 2.12 bits per heavy atom. The second-order valence-corrected chi connectivity index (χ2v) is 7.43. The van der Waals surface area contributed by atoms with Gasteiger partial charge in [-0.2, -0.15) is 4.72 Å². The van der Waals surface area contributed by atoms with Crippen molar-refractivity contribution < 1.29 is 23.1 Å². The molecule has 0 aromatic heterocycles. The topological polar surface area (TPSA) is 127 Å². The van der Waals surface area contributed by atoms with Crippen LogP contribution in [-0.2, 0) is 14.8 Å². The summed E-state index contributed by atoms with van der Waals surface area (Å²) in [5.74, 6) is -1.18. The van der Waals surface area contributed by atoms with Gasteiger partial charge in [0, 0.05) is 0 Å². The first-order valence-corrected chi connectivity index (χ1v) is 9.21. The van der Waals surface area contributed by atoms with Crippen molar-refractivity contribution in [2.75, 3.05) is 6.54 Å². The molecule has 7 nitrogen and oxygen atoms in total. The Morgan fingerprint density at radius 2 is 1.71 bits per heavy atom. The molecule has 0 unspecified atom stereocenters. The number of halogens is 2. The molecule has 1 aromatic rings. The van der Waals surface area contributed by atoms with Crippen LogP contribution in [0.4, 0.5) is 4.79 Å². The van der Waals surface area contributed by atoms with Gasteiger partial charge in [0.05, 0.1) is 4.90 Å². The van der Waals surface area contributed by atoms with E-state index in [4.69, 9.17) is 15.6 Å². The summed E-state index contributed by atoms with van der Waals surface area (Å²) < 4.78 is 25.5. The lowest BCUT2D eigenvalue weighted by molar-refractivity contribution is -0.139. The maximum atomic E-state index is 12.1. The van der Waals surface area contributed by atoms with Gasteiger partial charge in [-0.25, -0.2) is 8.42 Å². The summed E-state index contributed by atoms with van der Waals surface area (Å²) in [5.41, 5.74) is 6.27. The van der Waals surface area contributed by atoms with Gasteiger partial charge in [0.15, 0.2) is 0 Å². The molecule has 1 aromatic carbocycles. The average Bonchev–Trinajstić information content (AvgIpc) is 2.46. The minimum atomic E-state index is -3.82. The van der Waals surface area contributed by atoms with E-state index >= 15 is 0 Å². The highest BCUT2D eigenvalue weighted by Crippen LogP contribution is 2.12. The van der Waals surface area contributed by atoms with Crippen LogP contribution in [0.2, 0.25) is 0 Å². The summed E-state index contributed by atoms with van der Waals surface area (Å²) in [4.78, 5) is 20.1. The SMILES string of the molecule is Cc1ccc(S(=O)(=O)N[C@@H](CCCCN)C(=O)O)cc1.O=C(Cl)Cl. The van der Waals surface area contributed by atoms with E-state index in [0.717, 1.165) is 5.56 Å². The zero-order valence-corrected chi connectivity index (χ0v) is 15.4. The zero-order valence-electron chi connectivity index (χ0n) is 13.0. The number of hydrogen-bond acceptors (Lipinski definition) is 5. The van der Waals surface area contributed by atoms with E-state index in [-0.39, 0.29) is 11.3 Å². The summed E-state index contributed by atoms with van der Waals surface area (Å²) in [6.45, 7) is 2.30. The van der Waals surface area contributed by atoms with E-state index in [9.17, 15) is 13.2 Å². The Morgan fingerprint density at radius 1 is 1.21 bits per heavy atom. The van der Waals surface area contributed by atoms with E-state index in [1.807, 2.05) is 6.92 Å². The minimum absolute atomic E-state index is 0.0631. The highest BCUT2D eigenvalue weighted by atomic mass is 35.5. The quantitative estimate of drug-likeness (QED) is 0.455. The molecule has 10 heteroatoms. The van der Waals surface area contributed by atoms with Crippen molar-refractivity contribution >= 4 is 43.9 Å². The number of carboxylic acids is 1. The molecule has 1 atom stereocenters. The first kappa shape index (κ1) is 22.8. The van der Waals surface area contributed by atoms with E-state index in [0.29, 0.717) is 19.4 Å². The maximum Gasteiger partial charge on any atom is 0.321 e. The van der Waals surface area contributed by atoms with Crippen molar-refractivity contribution in [3.05, 3.63) is 29.8 Å². The first-order valence-electron chi connectivity index (χ1n) is 6.97. The van der Waals surface area contributed by atoms with Crippen LogP contribution in [0, 0.1) is 6.92 Å². The number of unbranched alkanes of at least 4 members (excludes halogenated alkanes) is 1. The molecule has 0 bridgehead atoms. The molecule has 0 aliphatic carbocycles. The van der Waals surface area contributed by atoms with Crippen molar-refractivity contribution in [2.24, 2.45) is 5.73 Å². The third-order valence-corrected chi connectivity index (χ3v) is 4.36. The summed E-state index contributed by atoms with van der Waals surface area (Å²) in [5, 5.41) is 9.07. The molecule has 0 spiro atoms. The first-order chi connectivity index (χ1) is 11.1. The molecule has 0 saturated heterocycles. The second-order valence-electron chi connectivity index (χ2n) is 4.84. The molecular formula is C14H20Cl2N2O5S. The van der Waals surface area contributed by atoms with Gasteiger partial charge >= 0.3 is 10.7 Å². The Balaban J connectivity index is 0.00000118. The number of rotatable bonds is 8. The summed E-state index contributed by atoms with van der Waals surface area (Å²) in [7, 11) is -3.82. The minimum Gasteiger partial charge on any atom is -0.480 e. The number of sulfonamides is 1. The average molecular weight is 399 g/mol. The Labute approximate surface area is 151 Å². The van der Waals surface area contributed by atoms with Crippen LogP contribution in [0.25, 0.3) is 0 Å². The van der Waals surface area contributed by atoms with Crippen LogP contribution < -0.4 is 10.5 Å². The lowest BCUT2D eigenvalue weighted by Crippen LogP contribution is -2.40. The number of carboxylic acid groups (broad SMARTS) is 1. The molecule has 0 aliphatic rings. The molecule has 0 aliphatic heterocycles. The fourth-order valence-electron chi connectivity index (χ4n) is 1.70. The Bertz CT molecular complexity index is 631. The third-order valence-electron chi connectivity index (χ3n) is 2.87. The van der Waals surface area contributed by atoms with Crippen LogP contribution in [0.15, 0.2) is 29.2 Å². The van der Waals surface area contributed by atoms with Crippen LogP contribution >= 0.6 is 23.2 Å². The molecule has 4 N–H and O–H groups in total. The zero-order chi connectivity index (χ0) is 18.8. The van der Waals surface area contributed by atoms with Crippen LogP contribution in [-0.4, -0.2) is 36.8 Å². The fourth-order valence-corrected chi connectivity index (χ4v) is 2.92. The van der Waals surface area contributed by atoms with Gasteiger partial charge in [0.1, 0.15) is 6.04 Å². The number of carbonyl (C=O) groups excluding carboxylic acids is 1. The standard InChI is InChI=1S/C13H20N2O4S.CCl2O/c1-10-5-7-11(8-6-10)20(18,19)15-12(13(16)17)4-2-3-9-14;2-1(3)4/h5-8,12,15H,2-4,9,14H2,1H3,(H,16,17);/t12-;/m0./s1. The number of nitrogens with two attached hydrogens (primary N) is 1. The maximum absolute atomic E-state index is 12.1. The molecule has 136 valence electrons. The third kappa shape index (κ3) is 9.84. The summed E-state index contributed by atoms with van der Waals surface area (Å²) in [6, 6.07) is 5.11. The van der Waals surface area contributed by atoms with E-state index in [1.54, 1.807) is 12.1 Å². The van der Waals surface area contributed by atoms with Gasteiger partial charge in [0.25, 0.3) is 0 Å². The van der Waals surface area contributed by atoms with Gasteiger partial charge in [-0.3, -0.25) is 9.59 Å². The molecule has 0 fully saturated rings. The van der Waals surface area contributed by atoms with E-state index < -0.39 is 26.7 Å². The van der Waals surface area contributed by atoms with Crippen molar-refractivity contribution in [3.63, 3.8) is 0 Å². The van der Waals surface area contributed by atoms with Gasteiger partial charge in [-0.1, -0.05) is 24.1 Å². The van der Waals surface area contributed by atoms with Gasteiger partial charge in [-0.05, 0) is 61.6 Å². The van der Waals surface area contributed by atoms with Crippen molar-refractivity contribution in [3.8, 4) is 0 Å². The van der Waals surface area contributed by atoms with Crippen molar-refractivity contribution in [1.29, 1.82) is 0 Å². The summed E-state index contributed by atoms with van der Waals surface area (Å²) >= 11 is 8.80. The normalized spacial score (nSPS) is 12.0. The van der Waals surface area contributed by atoms with Crippen LogP contribution in [0.5, 0.6) is 0 Å². The largest absolute Gasteiger partial charge is 0.480 e. The smallest absolute Gasteiger partial charge is 0.321 e. The fraction of sp³-hybridized carbons (Fsp3) is 0.429. The number of carbonyl (C=O) groups is 2. The number of benzene rings is 1. The molecule has 0 saturated carbocycles. The van der Waals surface area contributed by atoms with Gasteiger partial charge in [0.2, 0.25) is 10.0 Å². The van der Waals surface area contributed by atoms with Crippen molar-refractivity contribution in [2.45, 2.75) is 37.1 Å². The van der Waals surface area contributed by atoms with E-state index in [2.05, 4.69) is 27.9 Å². The molecular weight excluding hydrogens is 379 g/mol. The molecule has 24 heavy (non-hydrogen) atoms. The molecule has 0 amide bonds. The number of aliphatic carboxylic acids is 1. The predicted octanol–water partition coefficient (Wildman–Crippen LogP) is 2.44. The lowest BCUT2D eigenvalue weighted by atomic mass is 10.1. The van der Waals surface area contributed by atoms with Crippen LogP contribution in [0.3, 0.4) is 0 Å². The summed E-state index contributed by atoms with van der Waals surface area (Å²) in [6.07, 6.45) is 1.44. The lowest BCUT2D eigenvalue weighted by Gasteiger charge is -2.14. The molecule has 0 radical (unpaired) electrons. The highest BCUT2D eigenvalue weighted by Gasteiger charge is 2.24. The predicted molar refractivity (Wildman–Crippen MR) is 92.9 cm³/mol. The molecule has 0 heterocycles. The van der Waals surface area contributed by atoms with E-state index in [1.165, 1.54) is 12.1 Å². The number of nitrogens with one attached hydrogen (secondary N) is 1. The van der Waals surface area contributed by atoms with Crippen molar-refractivity contribution in [1.82, 2.24) is 4.72 Å². The van der Waals surface area contributed by atoms with Crippen LogP contribution in [0.1, 0.15) is 24.8 Å². The monoisotopic (exact) mass is 398 g/mol. The highest BCUT2D eigenvalue weighted by molar-refractivity contribution is 7.89. The Hall–Kier alpha value is -1.19. The van der Waals surface area contributed by atoms with Gasteiger partial charge < -0.3 is 10.8 Å².